The van der Waals surface area contributed by atoms with Crippen molar-refractivity contribution in [3.05, 3.63) is 69.4 Å². The summed E-state index contributed by atoms with van der Waals surface area (Å²) in [4.78, 5) is 16.5. The van der Waals surface area contributed by atoms with Crippen LogP contribution in [0, 0.1) is 17.5 Å². The summed E-state index contributed by atoms with van der Waals surface area (Å²) in [6.07, 6.45) is 0.831. The first kappa shape index (κ1) is 17.3. The van der Waals surface area contributed by atoms with Crippen LogP contribution in [0.1, 0.15) is 0 Å². The van der Waals surface area contributed by atoms with Gasteiger partial charge >= 0.3 is 0 Å². The number of aromatic nitrogens is 3. The van der Waals surface area contributed by atoms with Crippen molar-refractivity contribution in [1.29, 1.82) is 0 Å². The molecule has 0 spiro atoms. The Morgan fingerprint density at radius 2 is 1.89 bits per heavy atom. The van der Waals surface area contributed by atoms with Crippen LogP contribution in [-0.2, 0) is 7.05 Å². The van der Waals surface area contributed by atoms with Crippen LogP contribution in [0.15, 0.2) is 45.8 Å². The molecule has 5 nitrogen and oxygen atoms in total. The molecule has 3 aromatic heterocycles. The number of hydrogen-bond donors (Lipinski definition) is 0. The number of rotatable bonds is 2. The highest BCUT2D eigenvalue weighted by Crippen LogP contribution is 2.34. The minimum Gasteiger partial charge on any atom is -0.355 e. The number of halogens is 4. The van der Waals surface area contributed by atoms with E-state index >= 15 is 0 Å². The molecule has 0 amide bonds. The van der Waals surface area contributed by atoms with E-state index in [9.17, 15) is 18.0 Å². The van der Waals surface area contributed by atoms with Gasteiger partial charge in [-0.25, -0.2) is 18.2 Å². The Morgan fingerprint density at radius 3 is 2.59 bits per heavy atom. The van der Waals surface area contributed by atoms with E-state index in [1.807, 2.05) is 0 Å². The van der Waals surface area contributed by atoms with E-state index < -0.39 is 23.0 Å². The molecule has 0 bridgehead atoms. The van der Waals surface area contributed by atoms with Crippen molar-refractivity contribution in [2.45, 2.75) is 0 Å². The van der Waals surface area contributed by atoms with Gasteiger partial charge < -0.3 is 9.09 Å². The average molecular weight is 392 g/mol. The summed E-state index contributed by atoms with van der Waals surface area (Å²) in [6, 6.07) is 6.03. The Hall–Kier alpha value is -3.13. The van der Waals surface area contributed by atoms with Crippen molar-refractivity contribution >= 4 is 22.6 Å². The van der Waals surface area contributed by atoms with Gasteiger partial charge in [0.05, 0.1) is 22.5 Å². The summed E-state index contributed by atoms with van der Waals surface area (Å²) in [5.41, 5.74) is -0.953. The summed E-state index contributed by atoms with van der Waals surface area (Å²) in [5, 5.41) is 3.81. The van der Waals surface area contributed by atoms with Crippen molar-refractivity contribution < 1.29 is 17.7 Å². The number of fused-ring (bicyclic) bond motifs is 1. The summed E-state index contributed by atoms with van der Waals surface area (Å²) in [7, 11) is 1.38. The van der Waals surface area contributed by atoms with Gasteiger partial charge in [0.25, 0.3) is 5.56 Å². The zero-order chi connectivity index (χ0) is 19.3. The molecule has 1 aromatic carbocycles. The van der Waals surface area contributed by atoms with Gasteiger partial charge in [-0.2, -0.15) is 0 Å². The molecule has 0 radical (unpaired) electrons. The standard InChI is InChI=1S/C18H9ClF3N3O2/c1-25-12(16-11(22)5-8(20)7-23-16)6-13-15(18(25)26)17(24-27-13)14-9(19)3-2-4-10(14)21/h2-7H,1H3. The molecule has 4 rings (SSSR count). The number of pyridine rings is 2. The maximum absolute atomic E-state index is 14.2. The van der Waals surface area contributed by atoms with Crippen LogP contribution < -0.4 is 5.56 Å². The third-order valence-corrected chi connectivity index (χ3v) is 4.43. The van der Waals surface area contributed by atoms with Gasteiger partial charge in [0.2, 0.25) is 0 Å². The lowest BCUT2D eigenvalue weighted by Crippen LogP contribution is -2.19. The van der Waals surface area contributed by atoms with Crippen molar-refractivity contribution in [2.75, 3.05) is 0 Å². The Labute approximate surface area is 154 Å². The Kier molecular flexibility index (Phi) is 4.00. The number of benzene rings is 1. The third-order valence-electron chi connectivity index (χ3n) is 4.12. The zero-order valence-electron chi connectivity index (χ0n) is 13.6. The van der Waals surface area contributed by atoms with Crippen molar-refractivity contribution in [2.24, 2.45) is 7.05 Å². The van der Waals surface area contributed by atoms with E-state index in [-0.39, 0.29) is 38.6 Å². The first-order valence-corrected chi connectivity index (χ1v) is 8.01. The molecule has 9 heteroatoms. The lowest BCUT2D eigenvalue weighted by molar-refractivity contribution is 0.458. The van der Waals surface area contributed by atoms with E-state index in [0.717, 1.165) is 10.8 Å². The molecule has 0 aliphatic heterocycles. The molecule has 0 fully saturated rings. The number of nitrogens with zero attached hydrogens (tertiary/aromatic N) is 3. The molecule has 4 aromatic rings. The summed E-state index contributed by atoms with van der Waals surface area (Å²) in [6.45, 7) is 0. The van der Waals surface area contributed by atoms with Gasteiger partial charge in [0.15, 0.2) is 11.4 Å². The molecule has 0 aliphatic rings. The quantitative estimate of drug-likeness (QED) is 0.510. The predicted molar refractivity (Wildman–Crippen MR) is 92.8 cm³/mol. The Balaban J connectivity index is 2.02. The first-order valence-electron chi connectivity index (χ1n) is 7.63. The molecule has 136 valence electrons. The van der Waals surface area contributed by atoms with Crippen LogP contribution in [0.4, 0.5) is 13.2 Å². The maximum Gasteiger partial charge on any atom is 0.264 e. The lowest BCUT2D eigenvalue weighted by atomic mass is 10.1. The molecule has 0 aliphatic carbocycles. The van der Waals surface area contributed by atoms with Crippen LogP contribution in [0.2, 0.25) is 5.02 Å². The van der Waals surface area contributed by atoms with Gasteiger partial charge in [-0.15, -0.1) is 0 Å². The van der Waals surface area contributed by atoms with Crippen molar-refractivity contribution in [1.82, 2.24) is 14.7 Å². The van der Waals surface area contributed by atoms with Gasteiger partial charge in [-0.3, -0.25) is 4.79 Å². The molecule has 27 heavy (non-hydrogen) atoms. The second kappa shape index (κ2) is 6.24. The highest BCUT2D eigenvalue weighted by atomic mass is 35.5. The van der Waals surface area contributed by atoms with Crippen LogP contribution in [0.3, 0.4) is 0 Å². The summed E-state index contributed by atoms with van der Waals surface area (Å²) in [5.74, 6) is -2.46. The fourth-order valence-corrected chi connectivity index (χ4v) is 3.08. The van der Waals surface area contributed by atoms with Crippen LogP contribution in [-0.4, -0.2) is 14.7 Å². The Bertz CT molecular complexity index is 1250. The van der Waals surface area contributed by atoms with E-state index in [4.69, 9.17) is 16.1 Å². The fourth-order valence-electron chi connectivity index (χ4n) is 2.83. The van der Waals surface area contributed by atoms with Crippen LogP contribution in [0.25, 0.3) is 33.6 Å². The van der Waals surface area contributed by atoms with Crippen molar-refractivity contribution in [3.63, 3.8) is 0 Å². The molecule has 0 unspecified atom stereocenters. The van der Waals surface area contributed by atoms with Gasteiger partial charge in [0, 0.05) is 19.2 Å². The van der Waals surface area contributed by atoms with E-state index in [0.29, 0.717) is 6.07 Å². The third kappa shape index (κ3) is 2.69. The van der Waals surface area contributed by atoms with E-state index in [1.54, 1.807) is 0 Å². The summed E-state index contributed by atoms with van der Waals surface area (Å²) < 4.78 is 47.7. The summed E-state index contributed by atoms with van der Waals surface area (Å²) >= 11 is 6.05. The molecule has 0 saturated carbocycles. The minimum absolute atomic E-state index is 0.00653. The smallest absolute Gasteiger partial charge is 0.264 e. The normalized spacial score (nSPS) is 11.3. The predicted octanol–water partition coefficient (Wildman–Crippen LogP) is 4.33. The van der Waals surface area contributed by atoms with Crippen LogP contribution >= 0.6 is 11.6 Å². The second-order valence-electron chi connectivity index (χ2n) is 5.74. The minimum atomic E-state index is -0.943. The zero-order valence-corrected chi connectivity index (χ0v) is 14.4. The topological polar surface area (TPSA) is 60.9 Å². The molecule has 0 atom stereocenters. The largest absolute Gasteiger partial charge is 0.355 e. The lowest BCUT2D eigenvalue weighted by Gasteiger charge is -2.09. The van der Waals surface area contributed by atoms with Gasteiger partial charge in [0.1, 0.15) is 28.4 Å². The highest BCUT2D eigenvalue weighted by molar-refractivity contribution is 6.33. The van der Waals surface area contributed by atoms with E-state index in [1.165, 1.54) is 31.3 Å². The highest BCUT2D eigenvalue weighted by Gasteiger charge is 2.23. The Morgan fingerprint density at radius 1 is 1.11 bits per heavy atom. The molecule has 3 heterocycles. The first-order chi connectivity index (χ1) is 12.9. The molecular formula is C18H9ClF3N3O2. The molecular weight excluding hydrogens is 383 g/mol. The SMILES string of the molecule is Cn1c(-c2ncc(F)cc2F)cc2onc(-c3c(F)cccc3Cl)c2c1=O. The molecule has 0 N–H and O–H groups in total. The molecule has 0 saturated heterocycles. The number of hydrogen-bond acceptors (Lipinski definition) is 4. The van der Waals surface area contributed by atoms with Crippen molar-refractivity contribution in [3.8, 4) is 22.6 Å². The second-order valence-corrected chi connectivity index (χ2v) is 6.15. The van der Waals surface area contributed by atoms with Crippen LogP contribution in [0.5, 0.6) is 0 Å². The average Bonchev–Trinajstić information content (AvgIpc) is 3.02. The van der Waals surface area contributed by atoms with E-state index in [2.05, 4.69) is 10.1 Å². The fraction of sp³-hybridized carbons (Fsp3) is 0.0556. The van der Waals surface area contributed by atoms with Gasteiger partial charge in [-0.1, -0.05) is 22.8 Å². The monoisotopic (exact) mass is 391 g/mol. The maximum atomic E-state index is 14.2. The van der Waals surface area contributed by atoms with Gasteiger partial charge in [-0.05, 0) is 12.1 Å².